The molecule has 2 unspecified atom stereocenters. The molecule has 0 rings (SSSR count). The molecule has 0 saturated carbocycles. The monoisotopic (exact) mass is 258 g/mol. The van der Waals surface area contributed by atoms with Gasteiger partial charge in [0.05, 0.1) is 6.10 Å². The van der Waals surface area contributed by atoms with Crippen molar-refractivity contribution in [2.45, 2.75) is 38.3 Å². The molecule has 0 aliphatic heterocycles. The van der Waals surface area contributed by atoms with Crippen LogP contribution in [0.15, 0.2) is 25.3 Å². The quantitative estimate of drug-likeness (QED) is 0.369. The molecule has 0 aliphatic carbocycles. The van der Waals surface area contributed by atoms with Gasteiger partial charge in [-0.15, -0.1) is 0 Å². The summed E-state index contributed by atoms with van der Waals surface area (Å²) in [6.45, 7) is 7.93. The number of hydrogen-bond acceptors (Lipinski definition) is 6. The van der Waals surface area contributed by atoms with Crippen molar-refractivity contribution in [3.8, 4) is 0 Å². The van der Waals surface area contributed by atoms with Crippen LogP contribution >= 0.6 is 0 Å². The van der Waals surface area contributed by atoms with E-state index in [4.69, 9.17) is 5.11 Å². The first kappa shape index (κ1) is 16.3. The van der Waals surface area contributed by atoms with E-state index in [0.717, 1.165) is 12.2 Å². The Labute approximate surface area is 106 Å². The maximum absolute atomic E-state index is 11.0. The van der Waals surface area contributed by atoms with Gasteiger partial charge < -0.3 is 19.7 Å². The normalized spacial score (nSPS) is 13.6. The molecule has 0 aromatic heterocycles. The fourth-order valence-corrected chi connectivity index (χ4v) is 1.05. The van der Waals surface area contributed by atoms with Crippen LogP contribution in [-0.2, 0) is 19.1 Å². The number of hydrogen-bond donors (Lipinski definition) is 2. The van der Waals surface area contributed by atoms with E-state index >= 15 is 0 Å². The van der Waals surface area contributed by atoms with Crippen molar-refractivity contribution >= 4 is 11.9 Å². The Morgan fingerprint density at radius 1 is 1.11 bits per heavy atom. The summed E-state index contributed by atoms with van der Waals surface area (Å²) in [5, 5.41) is 18.8. The maximum atomic E-state index is 11.0. The third-order valence-corrected chi connectivity index (χ3v) is 1.99. The van der Waals surface area contributed by atoms with Gasteiger partial charge in [0.2, 0.25) is 0 Å². The highest BCUT2D eigenvalue weighted by Crippen LogP contribution is 2.11. The smallest absolute Gasteiger partial charge is 0.333 e. The van der Waals surface area contributed by atoms with Gasteiger partial charge in [-0.3, -0.25) is 0 Å². The van der Waals surface area contributed by atoms with E-state index in [1.807, 2.05) is 0 Å². The predicted octanol–water partition coefficient (Wildman–Crippen LogP) is 0.293. The van der Waals surface area contributed by atoms with Crippen LogP contribution in [0, 0.1) is 0 Å². The average Bonchev–Trinajstić information content (AvgIpc) is 2.34. The van der Waals surface area contributed by atoms with Gasteiger partial charge in [-0.2, -0.15) is 0 Å². The van der Waals surface area contributed by atoms with Gasteiger partial charge in [-0.25, -0.2) is 9.59 Å². The summed E-state index contributed by atoms with van der Waals surface area (Å²) in [7, 11) is 0. The van der Waals surface area contributed by atoms with Crippen LogP contribution in [0.2, 0.25) is 0 Å². The lowest BCUT2D eigenvalue weighted by atomic mass is 10.1. The van der Waals surface area contributed by atoms with E-state index in [1.54, 1.807) is 6.92 Å². The van der Waals surface area contributed by atoms with Gasteiger partial charge in [-0.05, 0) is 19.8 Å². The van der Waals surface area contributed by atoms with E-state index in [2.05, 4.69) is 22.6 Å². The molecule has 18 heavy (non-hydrogen) atoms. The minimum absolute atomic E-state index is 0.108. The van der Waals surface area contributed by atoms with Crippen LogP contribution in [-0.4, -0.2) is 40.6 Å². The summed E-state index contributed by atoms with van der Waals surface area (Å²) >= 11 is 0. The summed E-state index contributed by atoms with van der Waals surface area (Å²) in [5.74, 6) is -1.65. The highest BCUT2D eigenvalue weighted by atomic mass is 16.7. The van der Waals surface area contributed by atoms with Crippen LogP contribution in [0.1, 0.15) is 19.8 Å². The van der Waals surface area contributed by atoms with Crippen molar-refractivity contribution in [1.82, 2.24) is 0 Å². The molecule has 0 heterocycles. The number of carbonyl (C=O) groups excluding carboxylic acids is 2. The molecule has 2 N–H and O–H groups in total. The van der Waals surface area contributed by atoms with E-state index in [1.165, 1.54) is 0 Å². The van der Waals surface area contributed by atoms with Crippen molar-refractivity contribution in [3.63, 3.8) is 0 Å². The van der Waals surface area contributed by atoms with Crippen molar-refractivity contribution in [2.24, 2.45) is 0 Å². The molecule has 102 valence electrons. The zero-order valence-electron chi connectivity index (χ0n) is 10.2. The van der Waals surface area contributed by atoms with Gasteiger partial charge in [0.15, 0.2) is 0 Å². The van der Waals surface area contributed by atoms with Gasteiger partial charge in [-0.1, -0.05) is 13.2 Å². The predicted molar refractivity (Wildman–Crippen MR) is 63.3 cm³/mol. The third kappa shape index (κ3) is 6.82. The lowest BCUT2D eigenvalue weighted by Crippen LogP contribution is -2.35. The average molecular weight is 258 g/mol. The Balaban J connectivity index is 4.51. The van der Waals surface area contributed by atoms with E-state index in [9.17, 15) is 14.7 Å². The van der Waals surface area contributed by atoms with Crippen LogP contribution in [0.3, 0.4) is 0 Å². The summed E-state index contributed by atoms with van der Waals surface area (Å²) in [5.41, 5.74) is 0. The second-order valence-corrected chi connectivity index (χ2v) is 3.64. The molecule has 0 aromatic rings. The molecule has 6 nitrogen and oxygen atoms in total. The van der Waals surface area contributed by atoms with E-state index in [-0.39, 0.29) is 12.8 Å². The van der Waals surface area contributed by atoms with Crippen molar-refractivity contribution in [3.05, 3.63) is 25.3 Å². The molecule has 0 fully saturated rings. The topological polar surface area (TPSA) is 93.1 Å². The minimum atomic E-state index is -1.44. The first-order chi connectivity index (χ1) is 8.40. The Morgan fingerprint density at radius 2 is 1.56 bits per heavy atom. The SMILES string of the molecule is C=CC(=O)OC(OC(=O)C=C)C(O)CCC(C)O. The van der Waals surface area contributed by atoms with Crippen LogP contribution < -0.4 is 0 Å². The zero-order chi connectivity index (χ0) is 14.1. The van der Waals surface area contributed by atoms with Gasteiger partial charge in [0, 0.05) is 12.2 Å². The van der Waals surface area contributed by atoms with Crippen molar-refractivity contribution < 1.29 is 29.3 Å². The molecule has 0 bridgehead atoms. The first-order valence-electron chi connectivity index (χ1n) is 5.43. The van der Waals surface area contributed by atoms with Gasteiger partial charge in [0.25, 0.3) is 6.29 Å². The molecule has 0 amide bonds. The number of aliphatic hydroxyl groups is 2. The van der Waals surface area contributed by atoms with Crippen LogP contribution in [0.25, 0.3) is 0 Å². The second-order valence-electron chi connectivity index (χ2n) is 3.64. The zero-order valence-corrected chi connectivity index (χ0v) is 10.2. The maximum Gasteiger partial charge on any atom is 0.333 e. The molecule has 0 saturated heterocycles. The molecular formula is C12H18O6. The summed E-state index contributed by atoms with van der Waals surface area (Å²) < 4.78 is 9.37. The van der Waals surface area contributed by atoms with Gasteiger partial charge in [0.1, 0.15) is 6.10 Å². The fourth-order valence-electron chi connectivity index (χ4n) is 1.05. The molecule has 0 radical (unpaired) electrons. The van der Waals surface area contributed by atoms with E-state index in [0.29, 0.717) is 0 Å². The number of carbonyl (C=O) groups is 2. The minimum Gasteiger partial charge on any atom is -0.419 e. The van der Waals surface area contributed by atoms with Crippen molar-refractivity contribution in [2.75, 3.05) is 0 Å². The molecule has 0 aliphatic rings. The molecular weight excluding hydrogens is 240 g/mol. The van der Waals surface area contributed by atoms with Crippen LogP contribution in [0.4, 0.5) is 0 Å². The summed E-state index contributed by atoms with van der Waals surface area (Å²) in [6, 6.07) is 0. The third-order valence-electron chi connectivity index (χ3n) is 1.99. The van der Waals surface area contributed by atoms with Crippen LogP contribution in [0.5, 0.6) is 0 Å². The summed E-state index contributed by atoms with van der Waals surface area (Å²) in [6.07, 6.45) is -1.14. The first-order valence-corrected chi connectivity index (χ1v) is 5.43. The number of aliphatic hydroxyl groups excluding tert-OH is 2. The van der Waals surface area contributed by atoms with E-state index < -0.39 is 30.4 Å². The number of ether oxygens (including phenoxy) is 2. The second kappa shape index (κ2) is 8.43. The highest BCUT2D eigenvalue weighted by molar-refractivity contribution is 5.83. The lowest BCUT2D eigenvalue weighted by Gasteiger charge is -2.22. The molecule has 0 spiro atoms. The number of rotatable bonds is 8. The Kier molecular flexibility index (Phi) is 7.66. The Bertz CT molecular complexity index is 288. The fraction of sp³-hybridized carbons (Fsp3) is 0.500. The van der Waals surface area contributed by atoms with Gasteiger partial charge >= 0.3 is 11.9 Å². The number of esters is 2. The largest absolute Gasteiger partial charge is 0.419 e. The van der Waals surface area contributed by atoms with Crippen molar-refractivity contribution in [1.29, 1.82) is 0 Å². The Hall–Kier alpha value is -1.66. The molecule has 2 atom stereocenters. The standard InChI is InChI=1S/C12H18O6/c1-4-10(15)17-12(18-11(16)5-2)9(14)7-6-8(3)13/h4-5,8-9,12-14H,1-2,6-7H2,3H3. The lowest BCUT2D eigenvalue weighted by molar-refractivity contribution is -0.201. The summed E-state index contributed by atoms with van der Waals surface area (Å²) in [4.78, 5) is 22.0. The molecule has 0 aromatic carbocycles. The Morgan fingerprint density at radius 3 is 1.89 bits per heavy atom. The highest BCUT2D eigenvalue weighted by Gasteiger charge is 2.26. The molecule has 6 heteroatoms.